The van der Waals surface area contributed by atoms with Crippen molar-refractivity contribution in [2.24, 2.45) is 5.73 Å². The normalized spacial score (nSPS) is 11.2. The van der Waals surface area contributed by atoms with Gasteiger partial charge in [0, 0.05) is 18.2 Å². The van der Waals surface area contributed by atoms with Crippen molar-refractivity contribution in [2.75, 3.05) is 32.6 Å². The van der Waals surface area contributed by atoms with Crippen LogP contribution in [0.25, 0.3) is 11.5 Å². The van der Waals surface area contributed by atoms with Crippen LogP contribution in [0.1, 0.15) is 20.8 Å². The van der Waals surface area contributed by atoms with Crippen LogP contribution in [0.3, 0.4) is 0 Å². The van der Waals surface area contributed by atoms with E-state index in [-0.39, 0.29) is 13.2 Å². The zero-order valence-electron chi connectivity index (χ0n) is 16.5. The summed E-state index contributed by atoms with van der Waals surface area (Å²) in [5.74, 6) is 1.47. The highest BCUT2D eigenvalue weighted by atomic mass is 32.2. The fourth-order valence-electron chi connectivity index (χ4n) is 2.08. The number of hydrogen-bond acceptors (Lipinski definition) is 9. The number of hydrogen-bond donors (Lipinski definition) is 2. The van der Waals surface area contributed by atoms with Crippen LogP contribution < -0.4 is 20.5 Å². The topological polar surface area (TPSA) is 122 Å². The minimum Gasteiger partial charge on any atom is -0.492 e. The van der Waals surface area contributed by atoms with Gasteiger partial charge in [0.15, 0.2) is 0 Å². The first-order valence-electron chi connectivity index (χ1n) is 8.76. The van der Waals surface area contributed by atoms with Gasteiger partial charge in [0.05, 0.1) is 6.54 Å². The highest BCUT2D eigenvalue weighted by molar-refractivity contribution is 7.98. The van der Waals surface area contributed by atoms with Crippen molar-refractivity contribution in [2.45, 2.75) is 31.6 Å². The molecule has 0 saturated heterocycles. The third-order valence-electron chi connectivity index (χ3n) is 3.13. The van der Waals surface area contributed by atoms with Crippen molar-refractivity contribution in [1.29, 1.82) is 0 Å². The average molecular weight is 410 g/mol. The van der Waals surface area contributed by atoms with Gasteiger partial charge in [0.1, 0.15) is 30.3 Å². The Balaban J connectivity index is 2.01. The molecule has 1 amide bonds. The van der Waals surface area contributed by atoms with E-state index in [4.69, 9.17) is 24.4 Å². The van der Waals surface area contributed by atoms with E-state index in [1.807, 2.05) is 6.26 Å². The molecule has 1 heterocycles. The maximum atomic E-state index is 11.7. The van der Waals surface area contributed by atoms with Crippen LogP contribution in [0.15, 0.2) is 27.8 Å². The molecule has 0 saturated carbocycles. The Labute approximate surface area is 168 Å². The molecule has 0 aliphatic heterocycles. The number of carbonyl (C=O) groups is 1. The van der Waals surface area contributed by atoms with Gasteiger partial charge in [-0.2, -0.15) is 0 Å². The highest BCUT2D eigenvalue weighted by Gasteiger charge is 2.16. The molecule has 10 heteroatoms. The van der Waals surface area contributed by atoms with E-state index in [1.165, 1.54) is 11.8 Å². The fourth-order valence-corrected chi connectivity index (χ4v) is 2.37. The van der Waals surface area contributed by atoms with Crippen LogP contribution in [-0.4, -0.2) is 54.5 Å². The quantitative estimate of drug-likeness (QED) is 0.474. The summed E-state index contributed by atoms with van der Waals surface area (Å²) in [6.07, 6.45) is 1.36. The van der Waals surface area contributed by atoms with Gasteiger partial charge in [0.2, 0.25) is 5.89 Å². The van der Waals surface area contributed by atoms with Gasteiger partial charge in [-0.05, 0) is 39.2 Å². The molecular weight excluding hydrogens is 384 g/mol. The van der Waals surface area contributed by atoms with Crippen molar-refractivity contribution in [3.05, 3.63) is 18.2 Å². The first-order valence-corrected chi connectivity index (χ1v) is 9.98. The second-order valence-electron chi connectivity index (χ2n) is 6.68. The molecule has 0 spiro atoms. The number of nitrogens with two attached hydrogens (primary N) is 1. The van der Waals surface area contributed by atoms with Crippen LogP contribution >= 0.6 is 11.8 Å². The lowest BCUT2D eigenvalue weighted by Gasteiger charge is -2.19. The Morgan fingerprint density at radius 1 is 1.18 bits per heavy atom. The molecule has 2 rings (SSSR count). The van der Waals surface area contributed by atoms with Gasteiger partial charge in [0.25, 0.3) is 5.22 Å². The summed E-state index contributed by atoms with van der Waals surface area (Å²) in [7, 11) is 0. The number of thioether (sulfide) groups is 1. The molecule has 154 valence electrons. The molecule has 0 bridgehead atoms. The van der Waals surface area contributed by atoms with Gasteiger partial charge in [-0.25, -0.2) is 4.79 Å². The molecule has 3 N–H and O–H groups in total. The predicted octanol–water partition coefficient (Wildman–Crippen LogP) is 2.70. The lowest BCUT2D eigenvalue weighted by molar-refractivity contribution is 0.0520. The number of carbonyl (C=O) groups excluding carboxylic acids is 1. The molecular formula is C18H26N4O5S. The molecule has 0 fully saturated rings. The molecule has 9 nitrogen and oxygen atoms in total. The number of nitrogens with one attached hydrogen (secondary N) is 1. The molecule has 0 unspecified atom stereocenters. The second-order valence-corrected chi connectivity index (χ2v) is 7.44. The first kappa shape index (κ1) is 21.8. The Kier molecular flexibility index (Phi) is 7.94. The fraction of sp³-hybridized carbons (Fsp3) is 0.500. The molecule has 1 aromatic carbocycles. The number of benzene rings is 1. The molecule has 1 aromatic heterocycles. The van der Waals surface area contributed by atoms with Crippen LogP contribution in [0.5, 0.6) is 11.5 Å². The summed E-state index contributed by atoms with van der Waals surface area (Å²) >= 11 is 1.36. The summed E-state index contributed by atoms with van der Waals surface area (Å²) in [4.78, 5) is 11.7. The second kappa shape index (κ2) is 10.2. The van der Waals surface area contributed by atoms with Gasteiger partial charge in [-0.3, -0.25) is 0 Å². The largest absolute Gasteiger partial charge is 0.492 e. The monoisotopic (exact) mass is 410 g/mol. The summed E-state index contributed by atoms with van der Waals surface area (Å²) in [6, 6.07) is 5.28. The van der Waals surface area contributed by atoms with E-state index < -0.39 is 11.7 Å². The van der Waals surface area contributed by atoms with Gasteiger partial charge in [-0.1, -0.05) is 11.8 Å². The minimum atomic E-state index is -0.547. The minimum absolute atomic E-state index is 0.249. The number of aromatic nitrogens is 2. The summed E-state index contributed by atoms with van der Waals surface area (Å²) in [5.41, 5.74) is 5.62. The van der Waals surface area contributed by atoms with Crippen molar-refractivity contribution >= 4 is 17.9 Å². The van der Waals surface area contributed by atoms with E-state index in [0.29, 0.717) is 41.3 Å². The van der Waals surface area contributed by atoms with Crippen LogP contribution in [0.2, 0.25) is 0 Å². The zero-order chi connectivity index (χ0) is 20.6. The highest BCUT2D eigenvalue weighted by Crippen LogP contribution is 2.30. The summed E-state index contributed by atoms with van der Waals surface area (Å²) in [6.45, 7) is 6.70. The van der Waals surface area contributed by atoms with Gasteiger partial charge in [-0.15, -0.1) is 10.2 Å². The van der Waals surface area contributed by atoms with Crippen LogP contribution in [0.4, 0.5) is 4.79 Å². The Hall–Kier alpha value is -2.46. The SMILES string of the molecule is CSc1nnc(-c2cc(OCCN)cc(OCCNC(=O)OC(C)(C)C)c2)o1. The molecule has 28 heavy (non-hydrogen) atoms. The standard InChI is InChI=1S/C18H26N4O5S/c1-18(2,3)27-16(23)20-6-8-25-14-10-12(9-13(11-14)24-7-5-19)15-21-22-17(26-15)28-4/h9-11H,5-8,19H2,1-4H3,(H,20,23). The molecule has 0 radical (unpaired) electrons. The maximum Gasteiger partial charge on any atom is 0.407 e. The Bertz CT molecular complexity index is 776. The molecule has 0 atom stereocenters. The third-order valence-corrected chi connectivity index (χ3v) is 3.65. The number of rotatable bonds is 9. The van der Waals surface area contributed by atoms with E-state index in [0.717, 1.165) is 0 Å². The maximum absolute atomic E-state index is 11.7. The lowest BCUT2D eigenvalue weighted by Crippen LogP contribution is -2.34. The zero-order valence-corrected chi connectivity index (χ0v) is 17.3. The average Bonchev–Trinajstić information content (AvgIpc) is 3.11. The molecule has 2 aromatic rings. The van der Waals surface area contributed by atoms with E-state index >= 15 is 0 Å². The van der Waals surface area contributed by atoms with E-state index in [9.17, 15) is 4.79 Å². The third kappa shape index (κ3) is 7.28. The Morgan fingerprint density at radius 3 is 2.43 bits per heavy atom. The van der Waals surface area contributed by atoms with Crippen molar-refractivity contribution in [1.82, 2.24) is 15.5 Å². The van der Waals surface area contributed by atoms with Gasteiger partial charge >= 0.3 is 6.09 Å². The number of alkyl carbamates (subject to hydrolysis) is 1. The number of amides is 1. The van der Waals surface area contributed by atoms with Gasteiger partial charge < -0.3 is 29.7 Å². The Morgan fingerprint density at radius 2 is 1.86 bits per heavy atom. The van der Waals surface area contributed by atoms with Crippen molar-refractivity contribution in [3.63, 3.8) is 0 Å². The summed E-state index contributed by atoms with van der Waals surface area (Å²) in [5, 5.41) is 11.1. The number of ether oxygens (including phenoxy) is 3. The summed E-state index contributed by atoms with van der Waals surface area (Å²) < 4.78 is 22.1. The smallest absolute Gasteiger partial charge is 0.407 e. The predicted molar refractivity (Wildman–Crippen MR) is 106 cm³/mol. The van der Waals surface area contributed by atoms with Crippen LogP contribution in [0, 0.1) is 0 Å². The van der Waals surface area contributed by atoms with Crippen molar-refractivity contribution in [3.8, 4) is 23.0 Å². The molecule has 0 aliphatic carbocycles. The van der Waals surface area contributed by atoms with Crippen LogP contribution in [-0.2, 0) is 4.74 Å². The lowest BCUT2D eigenvalue weighted by atomic mass is 10.2. The van der Waals surface area contributed by atoms with E-state index in [2.05, 4.69) is 15.5 Å². The molecule has 0 aliphatic rings. The van der Waals surface area contributed by atoms with Crippen molar-refractivity contribution < 1.29 is 23.4 Å². The number of nitrogens with zero attached hydrogens (tertiary/aromatic N) is 2. The van der Waals surface area contributed by atoms with E-state index in [1.54, 1.807) is 39.0 Å². The first-order chi connectivity index (χ1) is 13.3.